The van der Waals surface area contributed by atoms with Crippen molar-refractivity contribution >= 4 is 12.4 Å². The summed E-state index contributed by atoms with van der Waals surface area (Å²) in [5.74, 6) is 0.983. The summed E-state index contributed by atoms with van der Waals surface area (Å²) >= 11 is 0. The van der Waals surface area contributed by atoms with Gasteiger partial charge in [0.1, 0.15) is 0 Å². The Labute approximate surface area is 162 Å². The Hall–Kier alpha value is -1.97. The Morgan fingerprint density at radius 2 is 2.15 bits per heavy atom. The molecular formula is C17H23ClF2N4O3. The van der Waals surface area contributed by atoms with Crippen molar-refractivity contribution in [2.24, 2.45) is 11.1 Å². The second-order valence-electron chi connectivity index (χ2n) is 6.73. The van der Waals surface area contributed by atoms with Gasteiger partial charge in [-0.05, 0) is 43.1 Å². The van der Waals surface area contributed by atoms with Crippen molar-refractivity contribution in [2.45, 2.75) is 26.5 Å². The van der Waals surface area contributed by atoms with Crippen LogP contribution in [0.25, 0.3) is 11.4 Å². The van der Waals surface area contributed by atoms with Crippen LogP contribution in [0.1, 0.15) is 19.2 Å². The zero-order valence-corrected chi connectivity index (χ0v) is 16.0. The molecule has 1 aromatic carbocycles. The molecule has 150 valence electrons. The summed E-state index contributed by atoms with van der Waals surface area (Å²) in [5, 5.41) is 3.97. The van der Waals surface area contributed by atoms with Gasteiger partial charge in [0.05, 0.1) is 13.7 Å². The topological polar surface area (TPSA) is 86.6 Å². The molecule has 1 aromatic heterocycles. The monoisotopic (exact) mass is 404 g/mol. The molecule has 1 saturated heterocycles. The number of halogens is 3. The van der Waals surface area contributed by atoms with Gasteiger partial charge in [-0.3, -0.25) is 4.90 Å². The van der Waals surface area contributed by atoms with Crippen molar-refractivity contribution in [2.75, 3.05) is 26.7 Å². The van der Waals surface area contributed by atoms with Crippen LogP contribution in [0.3, 0.4) is 0 Å². The first-order valence-corrected chi connectivity index (χ1v) is 8.31. The Morgan fingerprint density at radius 1 is 1.37 bits per heavy atom. The molecular weight excluding hydrogens is 382 g/mol. The maximum Gasteiger partial charge on any atom is 0.387 e. The lowest BCUT2D eigenvalue weighted by atomic mass is 9.90. The third kappa shape index (κ3) is 5.06. The van der Waals surface area contributed by atoms with Gasteiger partial charge in [0.2, 0.25) is 11.7 Å². The van der Waals surface area contributed by atoms with Gasteiger partial charge in [0.15, 0.2) is 11.5 Å². The van der Waals surface area contributed by atoms with Crippen molar-refractivity contribution in [3.05, 3.63) is 24.1 Å². The quantitative estimate of drug-likeness (QED) is 0.759. The van der Waals surface area contributed by atoms with Crippen molar-refractivity contribution in [3.63, 3.8) is 0 Å². The van der Waals surface area contributed by atoms with Crippen LogP contribution in [-0.4, -0.2) is 48.4 Å². The van der Waals surface area contributed by atoms with Crippen molar-refractivity contribution in [3.8, 4) is 22.9 Å². The number of rotatable bonds is 7. The maximum absolute atomic E-state index is 12.4. The van der Waals surface area contributed by atoms with Gasteiger partial charge in [-0.2, -0.15) is 13.8 Å². The zero-order chi connectivity index (χ0) is 18.7. The molecule has 0 bridgehead atoms. The fourth-order valence-electron chi connectivity index (χ4n) is 3.06. The number of benzene rings is 1. The van der Waals surface area contributed by atoms with Gasteiger partial charge in [-0.25, -0.2) is 0 Å². The molecule has 0 saturated carbocycles. The molecule has 2 heterocycles. The van der Waals surface area contributed by atoms with E-state index in [2.05, 4.69) is 26.7 Å². The molecule has 1 atom stereocenters. The average molecular weight is 405 g/mol. The van der Waals surface area contributed by atoms with E-state index in [1.807, 2.05) is 0 Å². The summed E-state index contributed by atoms with van der Waals surface area (Å²) in [5.41, 5.74) is 6.54. The molecule has 0 spiro atoms. The highest BCUT2D eigenvalue weighted by Crippen LogP contribution is 2.33. The van der Waals surface area contributed by atoms with Gasteiger partial charge >= 0.3 is 6.61 Å². The number of aromatic nitrogens is 2. The summed E-state index contributed by atoms with van der Waals surface area (Å²) in [6, 6.07) is 4.51. The van der Waals surface area contributed by atoms with Crippen LogP contribution in [0.4, 0.5) is 8.78 Å². The van der Waals surface area contributed by atoms with E-state index in [9.17, 15) is 8.78 Å². The molecule has 10 heteroatoms. The fraction of sp³-hybridized carbons (Fsp3) is 0.529. The normalized spacial score (nSPS) is 19.9. The molecule has 0 amide bonds. The van der Waals surface area contributed by atoms with Crippen LogP contribution in [0.2, 0.25) is 0 Å². The SMILES string of the molecule is COc1cc(-c2noc(CN3CCC(C)(CN)C3)n2)ccc1OC(F)F.Cl. The Morgan fingerprint density at radius 3 is 2.78 bits per heavy atom. The van der Waals surface area contributed by atoms with Crippen LogP contribution in [0, 0.1) is 5.41 Å². The summed E-state index contributed by atoms with van der Waals surface area (Å²) in [6.07, 6.45) is 1.04. The number of nitrogens with zero attached hydrogens (tertiary/aromatic N) is 3. The highest BCUT2D eigenvalue weighted by Gasteiger charge is 2.33. The van der Waals surface area contributed by atoms with E-state index in [1.54, 1.807) is 6.07 Å². The summed E-state index contributed by atoms with van der Waals surface area (Å²) in [6.45, 7) is 2.25. The standard InChI is InChI=1S/C17H22F2N4O3.ClH/c1-17(9-20)5-6-23(10-17)8-14-21-15(22-26-14)11-3-4-12(25-16(18)19)13(7-11)24-2;/h3-4,7,16H,5-6,8-10,20H2,1-2H3;1H. The predicted octanol–water partition coefficient (Wildman–Crippen LogP) is 2.94. The Balaban J connectivity index is 0.00000261. The van der Waals surface area contributed by atoms with E-state index in [4.69, 9.17) is 15.0 Å². The molecule has 0 radical (unpaired) electrons. The molecule has 7 nitrogen and oxygen atoms in total. The minimum Gasteiger partial charge on any atom is -0.493 e. The maximum atomic E-state index is 12.4. The summed E-state index contributed by atoms with van der Waals surface area (Å²) in [4.78, 5) is 6.61. The largest absolute Gasteiger partial charge is 0.493 e. The minimum absolute atomic E-state index is 0. The van der Waals surface area contributed by atoms with Crippen molar-refractivity contribution in [1.29, 1.82) is 0 Å². The number of nitrogens with two attached hydrogens (primary N) is 1. The third-order valence-corrected chi connectivity index (χ3v) is 4.59. The molecule has 0 aliphatic carbocycles. The van der Waals surface area contributed by atoms with Gasteiger partial charge in [0.25, 0.3) is 0 Å². The highest BCUT2D eigenvalue weighted by atomic mass is 35.5. The first-order chi connectivity index (χ1) is 12.4. The van der Waals surface area contributed by atoms with Crippen LogP contribution in [0.5, 0.6) is 11.5 Å². The number of likely N-dealkylation sites (tertiary alicyclic amines) is 1. The van der Waals surface area contributed by atoms with E-state index in [1.165, 1.54) is 19.2 Å². The number of hydrogen-bond acceptors (Lipinski definition) is 7. The van der Waals surface area contributed by atoms with Crippen LogP contribution >= 0.6 is 12.4 Å². The lowest BCUT2D eigenvalue weighted by Gasteiger charge is -2.21. The smallest absolute Gasteiger partial charge is 0.387 e. The van der Waals surface area contributed by atoms with Gasteiger partial charge in [0, 0.05) is 12.1 Å². The zero-order valence-electron chi connectivity index (χ0n) is 15.2. The lowest BCUT2D eigenvalue weighted by molar-refractivity contribution is -0.0512. The van der Waals surface area contributed by atoms with E-state index in [-0.39, 0.29) is 29.3 Å². The van der Waals surface area contributed by atoms with Crippen LogP contribution in [-0.2, 0) is 6.54 Å². The highest BCUT2D eigenvalue weighted by molar-refractivity contribution is 5.85. The summed E-state index contributed by atoms with van der Waals surface area (Å²) in [7, 11) is 1.38. The Kier molecular flexibility index (Phi) is 6.96. The van der Waals surface area contributed by atoms with E-state index in [0.29, 0.717) is 30.4 Å². The van der Waals surface area contributed by atoms with Gasteiger partial charge in [-0.1, -0.05) is 12.1 Å². The average Bonchev–Trinajstić information content (AvgIpc) is 3.22. The Bertz CT molecular complexity index is 762. The number of methoxy groups -OCH3 is 1. The number of ether oxygens (including phenoxy) is 2. The molecule has 1 aliphatic heterocycles. The van der Waals surface area contributed by atoms with Gasteiger partial charge in [-0.15, -0.1) is 12.4 Å². The molecule has 1 unspecified atom stereocenters. The number of hydrogen-bond donors (Lipinski definition) is 1. The van der Waals surface area contributed by atoms with Gasteiger partial charge < -0.3 is 19.7 Å². The minimum atomic E-state index is -2.92. The first kappa shape index (κ1) is 21.3. The number of alkyl halides is 2. The van der Waals surface area contributed by atoms with Crippen LogP contribution in [0.15, 0.2) is 22.7 Å². The first-order valence-electron chi connectivity index (χ1n) is 8.31. The molecule has 27 heavy (non-hydrogen) atoms. The molecule has 3 rings (SSSR count). The third-order valence-electron chi connectivity index (χ3n) is 4.59. The van der Waals surface area contributed by atoms with Crippen molar-refractivity contribution in [1.82, 2.24) is 15.0 Å². The van der Waals surface area contributed by atoms with Crippen molar-refractivity contribution < 1.29 is 22.8 Å². The molecule has 2 N–H and O–H groups in total. The molecule has 1 aliphatic rings. The summed E-state index contributed by atoms with van der Waals surface area (Å²) < 4.78 is 39.6. The van der Waals surface area contributed by atoms with E-state index >= 15 is 0 Å². The second-order valence-corrected chi connectivity index (χ2v) is 6.73. The second kappa shape index (κ2) is 8.81. The molecule has 2 aromatic rings. The lowest BCUT2D eigenvalue weighted by Crippen LogP contribution is -2.31. The molecule has 1 fully saturated rings. The van der Waals surface area contributed by atoms with E-state index in [0.717, 1.165) is 19.5 Å². The van der Waals surface area contributed by atoms with E-state index < -0.39 is 6.61 Å². The fourth-order valence-corrected chi connectivity index (χ4v) is 3.06. The van der Waals surface area contributed by atoms with Crippen LogP contribution < -0.4 is 15.2 Å². The predicted molar refractivity (Wildman–Crippen MR) is 97.2 cm³/mol.